The van der Waals surface area contributed by atoms with Gasteiger partial charge in [-0.25, -0.2) is 9.59 Å². The summed E-state index contributed by atoms with van der Waals surface area (Å²) in [6, 6.07) is -0.597. The molecule has 1 spiro atoms. The molecule has 1 aliphatic carbocycles. The number of amides is 5. The molecule has 180 valence electrons. The molecule has 2 fully saturated rings. The quantitative estimate of drug-likeness (QED) is 0.478. The fraction of sp³-hybridized carbons (Fsp3) is 0.591. The summed E-state index contributed by atoms with van der Waals surface area (Å²) in [5.41, 5.74) is -0.469. The van der Waals surface area contributed by atoms with Crippen LogP contribution in [0.3, 0.4) is 0 Å². The molecule has 5 amide bonds. The zero-order chi connectivity index (χ0) is 24.5. The Hall–Kier alpha value is -2.95. The molecule has 2 heterocycles. The second kappa shape index (κ2) is 9.50. The lowest BCUT2D eigenvalue weighted by molar-refractivity contribution is -0.136. The highest BCUT2D eigenvalue weighted by atomic mass is 32.1. The van der Waals surface area contributed by atoms with Crippen LogP contribution in [-0.4, -0.2) is 72.3 Å². The smallest absolute Gasteiger partial charge is 0.341 e. The van der Waals surface area contributed by atoms with Crippen molar-refractivity contribution in [3.8, 4) is 0 Å². The van der Waals surface area contributed by atoms with Crippen molar-refractivity contribution < 1.29 is 28.7 Å². The molecule has 0 radical (unpaired) electrons. The molecule has 1 aliphatic heterocycles. The largest absolute Gasteiger partial charge is 0.462 e. The van der Waals surface area contributed by atoms with Crippen molar-refractivity contribution in [2.75, 3.05) is 32.6 Å². The second-order valence-electron chi connectivity index (χ2n) is 8.67. The zero-order valence-electron chi connectivity index (χ0n) is 19.6. The molecule has 1 saturated carbocycles. The summed E-state index contributed by atoms with van der Waals surface area (Å²) in [6.07, 6.45) is 3.20. The van der Waals surface area contributed by atoms with Crippen LogP contribution in [0.2, 0.25) is 0 Å². The fourth-order valence-electron chi connectivity index (χ4n) is 4.41. The van der Waals surface area contributed by atoms with E-state index in [0.29, 0.717) is 16.9 Å². The number of carbonyl (C=O) groups excluding carboxylic acids is 5. The number of rotatable bonds is 6. The van der Waals surface area contributed by atoms with E-state index in [0.717, 1.165) is 35.5 Å². The van der Waals surface area contributed by atoms with Gasteiger partial charge in [-0.15, -0.1) is 11.3 Å². The second-order valence-corrected chi connectivity index (χ2v) is 9.69. The third-order valence-electron chi connectivity index (χ3n) is 6.28. The van der Waals surface area contributed by atoms with Crippen LogP contribution in [0, 0.1) is 12.8 Å². The molecule has 0 bridgehead atoms. The Bertz CT molecular complexity index is 1000. The van der Waals surface area contributed by atoms with Gasteiger partial charge in [-0.3, -0.25) is 19.3 Å². The molecule has 10 nitrogen and oxygen atoms in total. The highest BCUT2D eigenvalue weighted by molar-refractivity contribution is 7.18. The molecule has 1 aromatic rings. The first-order valence-electron chi connectivity index (χ1n) is 11.0. The number of urea groups is 1. The number of anilines is 1. The summed E-state index contributed by atoms with van der Waals surface area (Å²) in [7, 11) is 3.17. The van der Waals surface area contributed by atoms with Crippen LogP contribution in [0.1, 0.15) is 65.1 Å². The molecule has 3 rings (SSSR count). The Balaban J connectivity index is 1.83. The van der Waals surface area contributed by atoms with Gasteiger partial charge in [-0.1, -0.05) is 19.8 Å². The van der Waals surface area contributed by atoms with Crippen LogP contribution in [0.4, 0.5) is 9.80 Å². The van der Waals surface area contributed by atoms with Crippen LogP contribution in [0.25, 0.3) is 0 Å². The predicted molar refractivity (Wildman–Crippen MR) is 122 cm³/mol. The maximum Gasteiger partial charge on any atom is 0.341 e. The summed E-state index contributed by atoms with van der Waals surface area (Å²) in [6.45, 7) is 4.84. The molecular weight excluding hydrogens is 448 g/mol. The first-order chi connectivity index (χ1) is 15.5. The Morgan fingerprint density at radius 3 is 2.58 bits per heavy atom. The van der Waals surface area contributed by atoms with Gasteiger partial charge >= 0.3 is 12.0 Å². The van der Waals surface area contributed by atoms with Crippen LogP contribution in [-0.2, 0) is 14.3 Å². The summed E-state index contributed by atoms with van der Waals surface area (Å²) < 4.78 is 5.10. The Labute approximate surface area is 196 Å². The number of hydrogen-bond acceptors (Lipinski definition) is 7. The molecule has 1 aromatic heterocycles. The van der Waals surface area contributed by atoms with E-state index in [9.17, 15) is 24.0 Å². The predicted octanol–water partition coefficient (Wildman–Crippen LogP) is 2.37. The molecule has 0 unspecified atom stereocenters. The molecular formula is C22H30N4O6S. The third kappa shape index (κ3) is 4.46. The molecule has 11 heteroatoms. The van der Waals surface area contributed by atoms with Crippen molar-refractivity contribution in [2.45, 2.75) is 52.0 Å². The number of hydrogen-bond donors (Lipinski definition) is 2. The van der Waals surface area contributed by atoms with Gasteiger partial charge in [-0.2, -0.15) is 0 Å². The molecule has 2 atom stereocenters. The van der Waals surface area contributed by atoms with Crippen LogP contribution in [0.5, 0.6) is 0 Å². The summed E-state index contributed by atoms with van der Waals surface area (Å²) in [4.78, 5) is 66.2. The van der Waals surface area contributed by atoms with Gasteiger partial charge in [-0.05, 0) is 38.2 Å². The summed E-state index contributed by atoms with van der Waals surface area (Å²) in [5, 5.41) is 5.57. The first kappa shape index (κ1) is 24.7. The number of ether oxygens (including phenoxy) is 1. The van der Waals surface area contributed by atoms with E-state index in [4.69, 9.17) is 4.74 Å². The Kier molecular flexibility index (Phi) is 7.11. The topological polar surface area (TPSA) is 125 Å². The van der Waals surface area contributed by atoms with E-state index in [1.807, 2.05) is 6.92 Å². The molecule has 2 aliphatic rings. The number of nitrogens with zero attached hydrogens (tertiary/aromatic N) is 2. The highest BCUT2D eigenvalue weighted by Crippen LogP contribution is 2.38. The van der Waals surface area contributed by atoms with E-state index in [2.05, 4.69) is 10.6 Å². The lowest BCUT2D eigenvalue weighted by Crippen LogP contribution is -2.54. The van der Waals surface area contributed by atoms with Gasteiger partial charge in [0.05, 0.1) is 17.0 Å². The minimum atomic E-state index is -0.962. The first-order valence-corrected chi connectivity index (χ1v) is 11.8. The maximum absolute atomic E-state index is 13.1. The molecule has 0 aromatic carbocycles. The summed E-state index contributed by atoms with van der Waals surface area (Å²) in [5.74, 6) is -2.04. The molecule has 2 N–H and O–H groups in total. The van der Waals surface area contributed by atoms with E-state index in [1.54, 1.807) is 27.9 Å². The van der Waals surface area contributed by atoms with E-state index >= 15 is 0 Å². The van der Waals surface area contributed by atoms with Gasteiger partial charge in [0.1, 0.15) is 17.1 Å². The van der Waals surface area contributed by atoms with Crippen molar-refractivity contribution in [1.82, 2.24) is 15.1 Å². The van der Waals surface area contributed by atoms with Gasteiger partial charge in [0.25, 0.3) is 11.8 Å². The van der Waals surface area contributed by atoms with Gasteiger partial charge in [0, 0.05) is 14.1 Å². The van der Waals surface area contributed by atoms with Crippen LogP contribution in [0.15, 0.2) is 0 Å². The number of thiophene rings is 1. The fourth-order valence-corrected chi connectivity index (χ4v) is 5.64. The van der Waals surface area contributed by atoms with Crippen molar-refractivity contribution in [2.24, 2.45) is 5.92 Å². The minimum Gasteiger partial charge on any atom is -0.462 e. The highest BCUT2D eigenvalue weighted by Gasteiger charge is 2.55. The standard InChI is InChI=1S/C22H30N4O6S/c1-6-32-19(29)15-13(3)16(18(28)25(4)5)33-17(15)23-14(27)11-26-20(30)22(24-21(26)31)10-8-7-9-12(22)2/h12H,6-11H2,1-5H3,(H,23,27)(H,24,31)/t12-,22-/m1/s1. The lowest BCUT2D eigenvalue weighted by Gasteiger charge is -2.36. The maximum atomic E-state index is 13.1. The zero-order valence-corrected chi connectivity index (χ0v) is 20.4. The third-order valence-corrected chi connectivity index (χ3v) is 7.48. The van der Waals surface area contributed by atoms with Gasteiger partial charge in [0.2, 0.25) is 5.91 Å². The van der Waals surface area contributed by atoms with Gasteiger partial charge in [0.15, 0.2) is 0 Å². The van der Waals surface area contributed by atoms with E-state index in [1.165, 1.54) is 4.90 Å². The molecule has 1 saturated heterocycles. The van der Waals surface area contributed by atoms with Crippen LogP contribution < -0.4 is 10.6 Å². The van der Waals surface area contributed by atoms with E-state index in [-0.39, 0.29) is 29.0 Å². The SMILES string of the molecule is CCOC(=O)c1c(NC(=O)CN2C(=O)N[C@@]3(CCCC[C@H]3C)C2=O)sc(C(=O)N(C)C)c1C. The lowest BCUT2D eigenvalue weighted by atomic mass is 9.73. The van der Waals surface area contributed by atoms with Crippen molar-refractivity contribution in [1.29, 1.82) is 0 Å². The van der Waals surface area contributed by atoms with Crippen molar-refractivity contribution >= 4 is 46.1 Å². The van der Waals surface area contributed by atoms with Crippen LogP contribution >= 0.6 is 11.3 Å². The number of imide groups is 1. The Morgan fingerprint density at radius 2 is 1.97 bits per heavy atom. The van der Waals surface area contributed by atoms with Gasteiger partial charge < -0.3 is 20.3 Å². The van der Waals surface area contributed by atoms with E-state index < -0.39 is 35.9 Å². The average Bonchev–Trinajstić information content (AvgIpc) is 3.19. The molecule has 33 heavy (non-hydrogen) atoms. The average molecular weight is 479 g/mol. The summed E-state index contributed by atoms with van der Waals surface area (Å²) >= 11 is 0.959. The monoisotopic (exact) mass is 478 g/mol. The Morgan fingerprint density at radius 1 is 1.27 bits per heavy atom. The van der Waals surface area contributed by atoms with Crippen molar-refractivity contribution in [3.05, 3.63) is 16.0 Å². The normalized spacial score (nSPS) is 22.3. The number of nitrogens with one attached hydrogen (secondary N) is 2. The minimum absolute atomic E-state index is 0.0225. The van der Waals surface area contributed by atoms with Crippen molar-refractivity contribution in [3.63, 3.8) is 0 Å². The number of carbonyl (C=O) groups is 5. The number of esters is 1.